The van der Waals surface area contributed by atoms with Crippen molar-refractivity contribution >= 4 is 26.6 Å². The first kappa shape index (κ1) is 16.1. The molecule has 2 aromatic carbocycles. The molecule has 0 atom stereocenters. The molecule has 9 heteroatoms. The third-order valence-corrected chi connectivity index (χ3v) is 4.33. The summed E-state index contributed by atoms with van der Waals surface area (Å²) in [6, 6.07) is 7.31. The highest BCUT2D eigenvalue weighted by Crippen LogP contribution is 2.21. The minimum Gasteiger partial charge on any atom is -0.410 e. The van der Waals surface area contributed by atoms with E-state index in [0.717, 1.165) is 22.5 Å². The van der Waals surface area contributed by atoms with Crippen LogP contribution in [-0.4, -0.2) is 34.8 Å². The molecular weight excluding hydrogens is 340 g/mol. The molecule has 0 saturated carbocycles. The van der Waals surface area contributed by atoms with Crippen LogP contribution in [0.15, 0.2) is 47.8 Å². The topological polar surface area (TPSA) is 84.5 Å². The molecule has 0 aliphatic carbocycles. The average molecular weight is 351 g/mol. The molecular formula is C15H11F2N3O3S. The van der Waals surface area contributed by atoms with Crippen LogP contribution in [0.25, 0.3) is 10.9 Å². The van der Waals surface area contributed by atoms with Gasteiger partial charge in [0.1, 0.15) is 17.3 Å². The molecule has 124 valence electrons. The predicted molar refractivity (Wildman–Crippen MR) is 83.8 cm³/mol. The molecule has 24 heavy (non-hydrogen) atoms. The molecule has 3 aromatic rings. The van der Waals surface area contributed by atoms with Gasteiger partial charge in [-0.3, -0.25) is 0 Å². The Morgan fingerprint density at radius 2 is 1.96 bits per heavy atom. The second-order valence-electron chi connectivity index (χ2n) is 5.10. The van der Waals surface area contributed by atoms with Crippen molar-refractivity contribution in [1.82, 2.24) is 9.19 Å². The highest BCUT2D eigenvalue weighted by molar-refractivity contribution is 7.89. The van der Waals surface area contributed by atoms with Crippen LogP contribution in [0.4, 0.5) is 8.78 Å². The molecule has 0 unspecified atom stereocenters. The van der Waals surface area contributed by atoms with E-state index in [1.54, 1.807) is 0 Å². The van der Waals surface area contributed by atoms with E-state index in [2.05, 4.69) is 10.3 Å². The van der Waals surface area contributed by atoms with Crippen molar-refractivity contribution < 1.29 is 22.4 Å². The molecule has 0 spiro atoms. The lowest BCUT2D eigenvalue weighted by Gasteiger charge is -2.07. The summed E-state index contributed by atoms with van der Waals surface area (Å²) in [5, 5.41) is 16.6. The van der Waals surface area contributed by atoms with E-state index in [1.165, 1.54) is 24.4 Å². The molecule has 0 amide bonds. The van der Waals surface area contributed by atoms with Crippen LogP contribution in [0.2, 0.25) is 0 Å². The molecule has 6 nitrogen and oxygen atoms in total. The SMILES string of the molecule is CS(=O)(=O)n1ncc2cc(C(=NO)c3ccc(F)cc3F)ccc21. The number of nitrogens with zero attached hydrogens (tertiary/aromatic N) is 3. The number of hydrogen-bond acceptors (Lipinski definition) is 5. The second-order valence-corrected chi connectivity index (χ2v) is 6.91. The predicted octanol–water partition coefficient (Wildman–Crippen LogP) is 2.35. The highest BCUT2D eigenvalue weighted by Gasteiger charge is 2.17. The molecule has 0 fully saturated rings. The van der Waals surface area contributed by atoms with Crippen LogP contribution >= 0.6 is 0 Å². The summed E-state index contributed by atoms with van der Waals surface area (Å²) < 4.78 is 51.1. The van der Waals surface area contributed by atoms with E-state index in [4.69, 9.17) is 0 Å². The van der Waals surface area contributed by atoms with E-state index in [-0.39, 0.29) is 11.3 Å². The van der Waals surface area contributed by atoms with Crippen molar-refractivity contribution in [2.45, 2.75) is 0 Å². The van der Waals surface area contributed by atoms with Gasteiger partial charge in [-0.1, -0.05) is 11.2 Å². The first-order valence-electron chi connectivity index (χ1n) is 6.67. The monoisotopic (exact) mass is 351 g/mol. The maximum Gasteiger partial charge on any atom is 0.251 e. The number of hydrogen-bond donors (Lipinski definition) is 1. The fourth-order valence-corrected chi connectivity index (χ4v) is 3.11. The van der Waals surface area contributed by atoms with E-state index >= 15 is 0 Å². The van der Waals surface area contributed by atoms with Gasteiger partial charge < -0.3 is 5.21 Å². The van der Waals surface area contributed by atoms with Gasteiger partial charge in [-0.25, -0.2) is 17.2 Å². The van der Waals surface area contributed by atoms with Gasteiger partial charge in [-0.15, -0.1) is 0 Å². The van der Waals surface area contributed by atoms with Gasteiger partial charge in [-0.2, -0.15) is 9.19 Å². The van der Waals surface area contributed by atoms with Gasteiger partial charge in [-0.05, 0) is 24.3 Å². The Morgan fingerprint density at radius 3 is 2.58 bits per heavy atom. The number of fused-ring (bicyclic) bond motifs is 1. The van der Waals surface area contributed by atoms with Gasteiger partial charge in [0, 0.05) is 22.6 Å². The van der Waals surface area contributed by atoms with Gasteiger partial charge in [0.25, 0.3) is 10.0 Å². The number of rotatable bonds is 3. The maximum absolute atomic E-state index is 13.9. The lowest BCUT2D eigenvalue weighted by atomic mass is 10.0. The lowest BCUT2D eigenvalue weighted by Crippen LogP contribution is -2.11. The van der Waals surface area contributed by atoms with E-state index in [9.17, 15) is 22.4 Å². The third-order valence-electron chi connectivity index (χ3n) is 3.41. The Hall–Kier alpha value is -2.81. The van der Waals surface area contributed by atoms with E-state index < -0.39 is 21.7 Å². The van der Waals surface area contributed by atoms with Crippen LogP contribution in [0, 0.1) is 11.6 Å². The maximum atomic E-state index is 13.9. The Balaban J connectivity index is 2.15. The summed E-state index contributed by atoms with van der Waals surface area (Å²) in [7, 11) is -3.56. The zero-order valence-corrected chi connectivity index (χ0v) is 13.1. The average Bonchev–Trinajstić information content (AvgIpc) is 2.93. The first-order chi connectivity index (χ1) is 11.3. The van der Waals surface area contributed by atoms with Crippen LogP contribution in [0.3, 0.4) is 0 Å². The molecule has 1 aromatic heterocycles. The number of halogens is 2. The van der Waals surface area contributed by atoms with Gasteiger partial charge in [0.05, 0.1) is 18.0 Å². The van der Waals surface area contributed by atoms with E-state index in [1.807, 2.05) is 0 Å². The Bertz CT molecular complexity index is 1070. The Kier molecular flexibility index (Phi) is 3.80. The Labute approximate surface area is 135 Å². The summed E-state index contributed by atoms with van der Waals surface area (Å²) >= 11 is 0. The van der Waals surface area contributed by atoms with Crippen LogP contribution in [-0.2, 0) is 10.0 Å². The number of aromatic nitrogens is 2. The van der Waals surface area contributed by atoms with Crippen molar-refractivity contribution in [1.29, 1.82) is 0 Å². The number of benzene rings is 2. The lowest BCUT2D eigenvalue weighted by molar-refractivity contribution is 0.319. The second kappa shape index (κ2) is 5.68. The first-order valence-corrected chi connectivity index (χ1v) is 8.52. The van der Waals surface area contributed by atoms with Crippen molar-refractivity contribution in [2.75, 3.05) is 6.26 Å². The van der Waals surface area contributed by atoms with Crippen molar-refractivity contribution in [3.05, 3.63) is 65.4 Å². The third kappa shape index (κ3) is 2.73. The van der Waals surface area contributed by atoms with Crippen LogP contribution in [0.1, 0.15) is 11.1 Å². The fourth-order valence-electron chi connectivity index (χ4n) is 2.37. The molecule has 1 heterocycles. The fraction of sp³-hybridized carbons (Fsp3) is 0.0667. The minimum atomic E-state index is -3.56. The van der Waals surface area contributed by atoms with Crippen molar-refractivity contribution in [3.63, 3.8) is 0 Å². The highest BCUT2D eigenvalue weighted by atomic mass is 32.2. The van der Waals surface area contributed by atoms with Gasteiger partial charge in [0.2, 0.25) is 0 Å². The largest absolute Gasteiger partial charge is 0.410 e. The molecule has 1 N–H and O–H groups in total. The molecule has 0 aliphatic heterocycles. The quantitative estimate of drug-likeness (QED) is 0.446. The van der Waals surface area contributed by atoms with Crippen LogP contribution < -0.4 is 0 Å². The normalized spacial score (nSPS) is 12.7. The van der Waals surface area contributed by atoms with Gasteiger partial charge >= 0.3 is 0 Å². The molecule has 0 radical (unpaired) electrons. The minimum absolute atomic E-state index is 0.0891. The smallest absolute Gasteiger partial charge is 0.251 e. The van der Waals surface area contributed by atoms with Crippen LogP contribution in [0.5, 0.6) is 0 Å². The van der Waals surface area contributed by atoms with Gasteiger partial charge in [0.15, 0.2) is 0 Å². The van der Waals surface area contributed by atoms with Crippen molar-refractivity contribution in [2.24, 2.45) is 5.16 Å². The molecule has 3 rings (SSSR count). The molecule has 0 bridgehead atoms. The zero-order chi connectivity index (χ0) is 17.5. The van der Waals surface area contributed by atoms with Crippen molar-refractivity contribution in [3.8, 4) is 0 Å². The summed E-state index contributed by atoms with van der Waals surface area (Å²) in [5.41, 5.74) is 0.455. The summed E-state index contributed by atoms with van der Waals surface area (Å²) in [6.45, 7) is 0. The number of oxime groups is 1. The summed E-state index contributed by atoms with van der Waals surface area (Å²) in [5.74, 6) is -1.63. The Morgan fingerprint density at radius 1 is 1.21 bits per heavy atom. The molecule has 0 saturated heterocycles. The standard InChI is InChI=1S/C15H11F2N3O3S/c1-24(22,23)20-14-5-2-9(6-10(14)8-18-20)15(19-21)12-4-3-11(16)7-13(12)17/h2-8,21H,1H3. The molecule has 0 aliphatic rings. The zero-order valence-electron chi connectivity index (χ0n) is 12.3. The summed E-state index contributed by atoms with van der Waals surface area (Å²) in [4.78, 5) is 0. The summed E-state index contributed by atoms with van der Waals surface area (Å²) in [6.07, 6.45) is 2.34. The van der Waals surface area contributed by atoms with E-state index in [0.29, 0.717) is 22.5 Å².